The van der Waals surface area contributed by atoms with Gasteiger partial charge in [-0.15, -0.1) is 0 Å². The molecule has 0 aromatic heterocycles. The minimum Gasteiger partial charge on any atom is -0.464 e. The highest BCUT2D eigenvalue weighted by Gasteiger charge is 2.44. The quantitative estimate of drug-likeness (QED) is 0.522. The maximum atomic E-state index is 11.1. The van der Waals surface area contributed by atoms with Gasteiger partial charge in [0.05, 0.1) is 0 Å². The molecule has 1 atom stereocenters. The molecule has 0 aromatic rings. The molecule has 0 bridgehead atoms. The van der Waals surface area contributed by atoms with Gasteiger partial charge in [0.25, 0.3) is 0 Å². The number of ether oxygens (including phenoxy) is 2. The van der Waals surface area contributed by atoms with Crippen molar-refractivity contribution in [3.63, 3.8) is 0 Å². The highest BCUT2D eigenvalue weighted by Crippen LogP contribution is 2.35. The molecule has 0 saturated carbocycles. The fourth-order valence-electron chi connectivity index (χ4n) is 1.38. The van der Waals surface area contributed by atoms with Gasteiger partial charge in [-0.1, -0.05) is 0 Å². The molecule has 3 nitrogen and oxygen atoms in total. The second kappa shape index (κ2) is 1.85. The highest BCUT2D eigenvalue weighted by atomic mass is 16.7. The lowest BCUT2D eigenvalue weighted by Gasteiger charge is -2.16. The third-order valence-corrected chi connectivity index (χ3v) is 1.82. The molecule has 0 radical (unpaired) electrons. The molecular weight excluding hydrogens is 144 g/mol. The molecule has 11 heavy (non-hydrogen) atoms. The lowest BCUT2D eigenvalue weighted by atomic mass is 10.3. The number of hydrogen-bond donors (Lipinski definition) is 0. The van der Waals surface area contributed by atoms with Gasteiger partial charge in [0, 0.05) is 20.3 Å². The molecule has 0 amide bonds. The molecule has 0 aromatic carbocycles. The molecule has 3 heteroatoms. The third kappa shape index (κ3) is 0.959. The van der Waals surface area contributed by atoms with E-state index in [2.05, 4.69) is 0 Å². The van der Waals surface area contributed by atoms with Crippen molar-refractivity contribution in [3.05, 3.63) is 11.8 Å². The van der Waals surface area contributed by atoms with E-state index in [9.17, 15) is 4.79 Å². The average Bonchev–Trinajstić information content (AvgIpc) is 2.31. The fraction of sp³-hybridized carbons (Fsp3) is 0.625. The normalized spacial score (nSPS) is 33.1. The maximum Gasteiger partial charge on any atom is 0.205 e. The first kappa shape index (κ1) is 6.85. The number of Topliss-reactive ketones (excluding diaryl/α,β-unsaturated/α-hetero) is 1. The average molecular weight is 154 g/mol. The zero-order valence-electron chi connectivity index (χ0n) is 6.59. The van der Waals surface area contributed by atoms with Crippen LogP contribution < -0.4 is 0 Å². The minimum absolute atomic E-state index is 0.102. The summed E-state index contributed by atoms with van der Waals surface area (Å²) in [6, 6.07) is 0. The number of rotatable bonds is 0. The molecular formula is C8H10O3. The lowest BCUT2D eigenvalue weighted by molar-refractivity contribution is -0.150. The van der Waals surface area contributed by atoms with E-state index in [-0.39, 0.29) is 5.78 Å². The standard InChI is InChI=1S/C8H10O3/c1-8(2)10-6-4-3-5(9)7(6)11-8/h4,7H,3H2,1-2H3/t7-/m0/s1. The van der Waals surface area contributed by atoms with E-state index in [4.69, 9.17) is 9.47 Å². The van der Waals surface area contributed by atoms with Crippen LogP contribution in [0.15, 0.2) is 11.8 Å². The van der Waals surface area contributed by atoms with Crippen molar-refractivity contribution in [2.24, 2.45) is 0 Å². The summed E-state index contributed by atoms with van der Waals surface area (Å²) >= 11 is 0. The predicted molar refractivity (Wildman–Crippen MR) is 37.7 cm³/mol. The van der Waals surface area contributed by atoms with Crippen LogP contribution >= 0.6 is 0 Å². The number of carbonyl (C=O) groups is 1. The van der Waals surface area contributed by atoms with Crippen LogP contribution in [-0.2, 0) is 14.3 Å². The maximum absolute atomic E-state index is 11.1. The van der Waals surface area contributed by atoms with Gasteiger partial charge >= 0.3 is 0 Å². The van der Waals surface area contributed by atoms with Crippen LogP contribution in [0.4, 0.5) is 0 Å². The largest absolute Gasteiger partial charge is 0.464 e. The van der Waals surface area contributed by atoms with Gasteiger partial charge in [0.2, 0.25) is 5.79 Å². The minimum atomic E-state index is -0.618. The van der Waals surface area contributed by atoms with Crippen LogP contribution in [0.2, 0.25) is 0 Å². The molecule has 0 spiro atoms. The Bertz CT molecular complexity index is 240. The second-order valence-electron chi connectivity index (χ2n) is 3.28. The lowest BCUT2D eigenvalue weighted by Crippen LogP contribution is -2.24. The van der Waals surface area contributed by atoms with E-state index in [1.54, 1.807) is 19.9 Å². The van der Waals surface area contributed by atoms with Gasteiger partial charge in [0.1, 0.15) is 5.76 Å². The van der Waals surface area contributed by atoms with E-state index < -0.39 is 11.9 Å². The molecule has 0 N–H and O–H groups in total. The van der Waals surface area contributed by atoms with Crippen molar-refractivity contribution in [1.82, 2.24) is 0 Å². The molecule has 1 heterocycles. The molecule has 1 aliphatic carbocycles. The summed E-state index contributed by atoms with van der Waals surface area (Å²) in [6.45, 7) is 3.61. The summed E-state index contributed by atoms with van der Waals surface area (Å²) in [5, 5.41) is 0. The summed E-state index contributed by atoms with van der Waals surface area (Å²) < 4.78 is 10.7. The predicted octanol–water partition coefficient (Wildman–Crippen LogP) is 0.995. The molecule has 60 valence electrons. The van der Waals surface area contributed by atoms with Gasteiger partial charge in [-0.25, -0.2) is 0 Å². The molecule has 0 unspecified atom stereocenters. The van der Waals surface area contributed by atoms with Crippen LogP contribution in [0.5, 0.6) is 0 Å². The second-order valence-corrected chi connectivity index (χ2v) is 3.28. The fourth-order valence-corrected chi connectivity index (χ4v) is 1.38. The number of ketones is 1. The number of allylic oxidation sites excluding steroid dienone is 1. The summed E-state index contributed by atoms with van der Waals surface area (Å²) in [7, 11) is 0. The summed E-state index contributed by atoms with van der Waals surface area (Å²) in [5.74, 6) is 0.178. The SMILES string of the molecule is CC1(C)OC2=CCC(=O)[C@@H]2O1. The van der Waals surface area contributed by atoms with Crippen molar-refractivity contribution < 1.29 is 14.3 Å². The highest BCUT2D eigenvalue weighted by molar-refractivity contribution is 5.90. The number of hydrogen-bond acceptors (Lipinski definition) is 3. The Hall–Kier alpha value is -0.830. The number of fused-ring (bicyclic) bond motifs is 1. The first-order valence-corrected chi connectivity index (χ1v) is 3.68. The van der Waals surface area contributed by atoms with Crippen LogP contribution in [0.25, 0.3) is 0 Å². The Balaban J connectivity index is 2.26. The van der Waals surface area contributed by atoms with Crippen molar-refractivity contribution in [1.29, 1.82) is 0 Å². The van der Waals surface area contributed by atoms with Crippen LogP contribution in [0.3, 0.4) is 0 Å². The Morgan fingerprint density at radius 2 is 2.36 bits per heavy atom. The van der Waals surface area contributed by atoms with E-state index in [0.29, 0.717) is 12.2 Å². The molecule has 2 aliphatic rings. The molecule has 1 fully saturated rings. The molecule has 1 aliphatic heterocycles. The van der Waals surface area contributed by atoms with Crippen LogP contribution in [-0.4, -0.2) is 17.7 Å². The van der Waals surface area contributed by atoms with Gasteiger partial charge in [-0.05, 0) is 6.08 Å². The van der Waals surface area contributed by atoms with E-state index >= 15 is 0 Å². The Morgan fingerprint density at radius 3 is 3.00 bits per heavy atom. The first-order valence-electron chi connectivity index (χ1n) is 3.68. The van der Waals surface area contributed by atoms with Crippen LogP contribution in [0.1, 0.15) is 20.3 Å². The van der Waals surface area contributed by atoms with Crippen molar-refractivity contribution in [3.8, 4) is 0 Å². The van der Waals surface area contributed by atoms with E-state index in [1.165, 1.54) is 0 Å². The van der Waals surface area contributed by atoms with Gasteiger partial charge in [0.15, 0.2) is 11.9 Å². The van der Waals surface area contributed by atoms with Gasteiger partial charge < -0.3 is 9.47 Å². The topological polar surface area (TPSA) is 35.5 Å². The van der Waals surface area contributed by atoms with Crippen molar-refractivity contribution >= 4 is 5.78 Å². The summed E-state index contributed by atoms with van der Waals surface area (Å²) in [5.41, 5.74) is 0. The van der Waals surface area contributed by atoms with Gasteiger partial charge in [-0.3, -0.25) is 4.79 Å². The monoisotopic (exact) mass is 154 g/mol. The summed E-state index contributed by atoms with van der Waals surface area (Å²) in [4.78, 5) is 11.1. The summed E-state index contributed by atoms with van der Waals surface area (Å²) in [6.07, 6.45) is 1.84. The Morgan fingerprint density at radius 1 is 1.64 bits per heavy atom. The molecule has 2 rings (SSSR count). The van der Waals surface area contributed by atoms with Crippen LogP contribution in [0, 0.1) is 0 Å². The Labute approximate surface area is 65.0 Å². The Kier molecular flexibility index (Phi) is 1.16. The van der Waals surface area contributed by atoms with Gasteiger partial charge in [-0.2, -0.15) is 0 Å². The zero-order valence-corrected chi connectivity index (χ0v) is 6.59. The van der Waals surface area contributed by atoms with E-state index in [0.717, 1.165) is 0 Å². The first-order chi connectivity index (χ1) is 5.08. The zero-order chi connectivity index (χ0) is 8.06. The molecule has 1 saturated heterocycles. The smallest absolute Gasteiger partial charge is 0.205 e. The third-order valence-electron chi connectivity index (χ3n) is 1.82. The van der Waals surface area contributed by atoms with E-state index in [1.807, 2.05) is 0 Å². The van der Waals surface area contributed by atoms with Crippen molar-refractivity contribution in [2.75, 3.05) is 0 Å². The number of carbonyl (C=O) groups excluding carboxylic acids is 1. The van der Waals surface area contributed by atoms with Crippen molar-refractivity contribution in [2.45, 2.75) is 32.2 Å².